The zero-order chi connectivity index (χ0) is 21.8. The normalized spacial score (nSPS) is 10.7. The summed E-state index contributed by atoms with van der Waals surface area (Å²) in [5.41, 5.74) is 2.07. The van der Waals surface area contributed by atoms with E-state index in [-0.39, 0.29) is 19.0 Å². The van der Waals surface area contributed by atoms with Gasteiger partial charge in [-0.2, -0.15) is 0 Å². The molecule has 158 valence electrons. The van der Waals surface area contributed by atoms with Crippen LogP contribution in [0.2, 0.25) is 5.02 Å². The highest BCUT2D eigenvalue weighted by Gasteiger charge is 2.23. The van der Waals surface area contributed by atoms with Crippen molar-refractivity contribution < 1.29 is 23.5 Å². The number of hydrogen-bond donors (Lipinski definition) is 1. The lowest BCUT2D eigenvalue weighted by Gasteiger charge is -2.09. The molecule has 2 aromatic heterocycles. The Morgan fingerprint density at radius 1 is 1.17 bits per heavy atom. The summed E-state index contributed by atoms with van der Waals surface area (Å²) in [7, 11) is 0. The highest BCUT2D eigenvalue weighted by Crippen LogP contribution is 2.33. The second-order valence-electron chi connectivity index (χ2n) is 6.60. The summed E-state index contributed by atoms with van der Waals surface area (Å²) in [6.07, 6.45) is 0. The van der Waals surface area contributed by atoms with Gasteiger partial charge >= 0.3 is 5.97 Å². The number of halogens is 1. The largest absolute Gasteiger partial charge is 0.484 e. The van der Waals surface area contributed by atoms with E-state index in [0.29, 0.717) is 27.1 Å². The smallest absolute Gasteiger partial charge is 0.341 e. The van der Waals surface area contributed by atoms with Crippen LogP contribution in [0.5, 0.6) is 5.75 Å². The maximum absolute atomic E-state index is 12.7. The first-order chi connectivity index (χ1) is 14.3. The minimum absolute atomic E-state index is 0.114. The summed E-state index contributed by atoms with van der Waals surface area (Å²) >= 11 is 7.48. The highest BCUT2D eigenvalue weighted by atomic mass is 35.5. The Kier molecular flexibility index (Phi) is 6.84. The molecule has 3 rings (SSSR count). The number of anilines is 1. The van der Waals surface area contributed by atoms with Crippen molar-refractivity contribution in [2.45, 2.75) is 34.3 Å². The second kappa shape index (κ2) is 9.36. The molecular weight excluding hydrogens is 426 g/mol. The molecule has 1 N–H and O–H groups in total. The molecule has 0 aliphatic rings. The lowest BCUT2D eigenvalue weighted by atomic mass is 10.1. The molecule has 1 amide bonds. The number of thiophene rings is 1. The monoisotopic (exact) mass is 447 g/mol. The molecule has 2 heterocycles. The van der Waals surface area contributed by atoms with Crippen LogP contribution >= 0.6 is 22.9 Å². The number of rotatable bonds is 7. The van der Waals surface area contributed by atoms with Gasteiger partial charge in [0.15, 0.2) is 5.76 Å². The van der Waals surface area contributed by atoms with Gasteiger partial charge in [-0.15, -0.1) is 11.3 Å². The number of ether oxygens (including phenoxy) is 2. The SMILES string of the molecule is CCOC(=O)c1c(NC(=O)c2ccc(COc3c(C)cccc3Cl)o2)sc(C)c1C. The molecule has 8 heteroatoms. The van der Waals surface area contributed by atoms with E-state index < -0.39 is 11.9 Å². The van der Waals surface area contributed by atoms with E-state index in [1.807, 2.05) is 32.9 Å². The quantitative estimate of drug-likeness (QED) is 0.454. The minimum atomic E-state index is -0.460. The number of amides is 1. The summed E-state index contributed by atoms with van der Waals surface area (Å²) in [4.78, 5) is 25.9. The zero-order valence-electron chi connectivity index (χ0n) is 17.1. The fourth-order valence-electron chi connectivity index (χ4n) is 2.85. The van der Waals surface area contributed by atoms with Crippen molar-refractivity contribution in [2.24, 2.45) is 0 Å². The molecule has 0 unspecified atom stereocenters. The van der Waals surface area contributed by atoms with Crippen molar-refractivity contribution in [2.75, 3.05) is 11.9 Å². The van der Waals surface area contributed by atoms with Gasteiger partial charge < -0.3 is 19.2 Å². The van der Waals surface area contributed by atoms with Crippen LogP contribution in [0.3, 0.4) is 0 Å². The fourth-order valence-corrected chi connectivity index (χ4v) is 4.17. The molecule has 0 saturated carbocycles. The third-order valence-corrected chi connectivity index (χ3v) is 5.92. The Balaban J connectivity index is 1.72. The van der Waals surface area contributed by atoms with Crippen LogP contribution < -0.4 is 10.1 Å². The molecule has 0 aliphatic carbocycles. The van der Waals surface area contributed by atoms with Gasteiger partial charge in [-0.1, -0.05) is 23.7 Å². The molecule has 0 fully saturated rings. The molecule has 0 aliphatic heterocycles. The van der Waals surface area contributed by atoms with Crippen LogP contribution in [0.1, 0.15) is 49.6 Å². The minimum Gasteiger partial charge on any atom is -0.484 e. The topological polar surface area (TPSA) is 77.8 Å². The van der Waals surface area contributed by atoms with Crippen LogP contribution in [0, 0.1) is 20.8 Å². The van der Waals surface area contributed by atoms with Crippen molar-refractivity contribution in [3.05, 3.63) is 68.4 Å². The molecule has 0 radical (unpaired) electrons. The van der Waals surface area contributed by atoms with Gasteiger partial charge in [0, 0.05) is 4.88 Å². The number of nitrogens with one attached hydrogen (secondary N) is 1. The van der Waals surface area contributed by atoms with Crippen molar-refractivity contribution in [3.8, 4) is 5.75 Å². The maximum atomic E-state index is 12.7. The van der Waals surface area contributed by atoms with Crippen LogP contribution in [0.25, 0.3) is 0 Å². The van der Waals surface area contributed by atoms with E-state index in [2.05, 4.69) is 5.32 Å². The van der Waals surface area contributed by atoms with E-state index in [4.69, 9.17) is 25.5 Å². The van der Waals surface area contributed by atoms with Gasteiger partial charge in [-0.3, -0.25) is 4.79 Å². The summed E-state index contributed by atoms with van der Waals surface area (Å²) in [6, 6.07) is 8.72. The Morgan fingerprint density at radius 2 is 1.93 bits per heavy atom. The Bertz CT molecular complexity index is 1070. The third-order valence-electron chi connectivity index (χ3n) is 4.50. The summed E-state index contributed by atoms with van der Waals surface area (Å²) in [5, 5.41) is 3.70. The maximum Gasteiger partial charge on any atom is 0.341 e. The number of carbonyl (C=O) groups is 2. The third kappa shape index (κ3) is 4.68. The number of aryl methyl sites for hydroxylation is 2. The van der Waals surface area contributed by atoms with Gasteiger partial charge in [0.1, 0.15) is 23.1 Å². The molecule has 0 bridgehead atoms. The van der Waals surface area contributed by atoms with Gasteiger partial charge in [0.05, 0.1) is 17.2 Å². The number of para-hydroxylation sites is 1. The first-order valence-corrected chi connectivity index (χ1v) is 10.6. The molecule has 0 spiro atoms. The van der Waals surface area contributed by atoms with E-state index >= 15 is 0 Å². The number of carbonyl (C=O) groups excluding carboxylic acids is 2. The average Bonchev–Trinajstić information content (AvgIpc) is 3.27. The van der Waals surface area contributed by atoms with Crippen LogP contribution in [-0.4, -0.2) is 18.5 Å². The first kappa shape index (κ1) is 21.9. The lowest BCUT2D eigenvalue weighted by Crippen LogP contribution is -2.14. The lowest BCUT2D eigenvalue weighted by molar-refractivity contribution is 0.0527. The molecule has 1 aromatic carbocycles. The van der Waals surface area contributed by atoms with Crippen molar-refractivity contribution >= 4 is 39.8 Å². The standard InChI is InChI=1S/C22H22ClNO5S/c1-5-27-22(26)18-13(3)14(4)30-21(18)24-20(25)17-10-9-15(29-17)11-28-19-12(2)7-6-8-16(19)23/h6-10H,5,11H2,1-4H3,(H,24,25). The molecule has 30 heavy (non-hydrogen) atoms. The Morgan fingerprint density at radius 3 is 2.63 bits per heavy atom. The average molecular weight is 448 g/mol. The van der Waals surface area contributed by atoms with E-state index in [9.17, 15) is 9.59 Å². The van der Waals surface area contributed by atoms with Crippen LogP contribution in [-0.2, 0) is 11.3 Å². The number of benzene rings is 1. The van der Waals surface area contributed by atoms with Gasteiger partial charge in [-0.25, -0.2) is 4.79 Å². The Labute approximate surface area is 183 Å². The molecule has 6 nitrogen and oxygen atoms in total. The molecule has 0 atom stereocenters. The second-order valence-corrected chi connectivity index (χ2v) is 8.23. The molecule has 0 saturated heterocycles. The van der Waals surface area contributed by atoms with E-state index in [0.717, 1.165) is 16.0 Å². The predicted octanol–water partition coefficient (Wildman–Crippen LogP) is 5.93. The van der Waals surface area contributed by atoms with Crippen molar-refractivity contribution in [1.29, 1.82) is 0 Å². The number of furan rings is 1. The highest BCUT2D eigenvalue weighted by molar-refractivity contribution is 7.16. The number of hydrogen-bond acceptors (Lipinski definition) is 6. The summed E-state index contributed by atoms with van der Waals surface area (Å²) in [5.74, 6) is 0.247. The zero-order valence-corrected chi connectivity index (χ0v) is 18.7. The van der Waals surface area contributed by atoms with Crippen LogP contribution in [0.15, 0.2) is 34.7 Å². The summed E-state index contributed by atoms with van der Waals surface area (Å²) in [6.45, 7) is 7.73. The van der Waals surface area contributed by atoms with Crippen molar-refractivity contribution in [1.82, 2.24) is 0 Å². The van der Waals surface area contributed by atoms with E-state index in [1.54, 1.807) is 25.1 Å². The van der Waals surface area contributed by atoms with Gasteiger partial charge in [0.2, 0.25) is 0 Å². The van der Waals surface area contributed by atoms with Gasteiger partial charge in [-0.05, 0) is 57.0 Å². The molecule has 3 aromatic rings. The van der Waals surface area contributed by atoms with Gasteiger partial charge in [0.25, 0.3) is 5.91 Å². The first-order valence-electron chi connectivity index (χ1n) is 9.36. The molecular formula is C22H22ClNO5S. The fraction of sp³-hybridized carbons (Fsp3) is 0.273. The van der Waals surface area contributed by atoms with Crippen molar-refractivity contribution in [3.63, 3.8) is 0 Å². The summed E-state index contributed by atoms with van der Waals surface area (Å²) < 4.78 is 16.5. The number of esters is 1. The Hall–Kier alpha value is -2.77. The predicted molar refractivity (Wildman–Crippen MR) is 117 cm³/mol. The van der Waals surface area contributed by atoms with Crippen LogP contribution in [0.4, 0.5) is 5.00 Å². The van der Waals surface area contributed by atoms with E-state index in [1.165, 1.54) is 11.3 Å².